The molecule has 0 unspecified atom stereocenters. The van der Waals surface area contributed by atoms with Crippen molar-refractivity contribution in [3.8, 4) is 5.88 Å². The number of likely N-dealkylation sites (N-methyl/N-ethyl adjacent to an activating group) is 1. The maximum Gasteiger partial charge on any atom is 0.413 e. The van der Waals surface area contributed by atoms with E-state index < -0.39 is 24.3 Å². The number of aromatic nitrogens is 4. The van der Waals surface area contributed by atoms with E-state index in [0.717, 1.165) is 19.4 Å². The summed E-state index contributed by atoms with van der Waals surface area (Å²) >= 11 is 0. The summed E-state index contributed by atoms with van der Waals surface area (Å²) in [5, 5.41) is 5.30. The summed E-state index contributed by atoms with van der Waals surface area (Å²) in [6, 6.07) is 0.623. The Morgan fingerprint density at radius 2 is 1.97 bits per heavy atom. The van der Waals surface area contributed by atoms with Gasteiger partial charge in [-0.1, -0.05) is 0 Å². The fraction of sp³-hybridized carbons (Fsp3) is 0.600. The zero-order valence-electron chi connectivity index (χ0n) is 22.7. The number of likely N-dealkylation sites (tertiary alicyclic amines) is 1. The van der Waals surface area contributed by atoms with Crippen LogP contribution in [0.15, 0.2) is 24.7 Å². The number of carbonyl (C=O) groups is 2. The minimum atomic E-state index is -1.24. The van der Waals surface area contributed by atoms with Crippen molar-refractivity contribution >= 4 is 29.7 Å². The van der Waals surface area contributed by atoms with E-state index in [0.29, 0.717) is 31.0 Å². The Morgan fingerprint density at radius 3 is 2.69 bits per heavy atom. The fourth-order valence-electron chi connectivity index (χ4n) is 4.61. The molecule has 0 spiro atoms. The molecule has 2 aliphatic rings. The van der Waals surface area contributed by atoms with Gasteiger partial charge in [0.15, 0.2) is 5.82 Å². The van der Waals surface area contributed by atoms with E-state index >= 15 is 0 Å². The molecule has 2 saturated heterocycles. The van der Waals surface area contributed by atoms with Crippen molar-refractivity contribution in [2.24, 2.45) is 0 Å². The first-order chi connectivity index (χ1) is 18.7. The number of carbonyl (C=O) groups excluding carboxylic acids is 2. The molecular formula is C25H36FN9O4. The van der Waals surface area contributed by atoms with Gasteiger partial charge in [-0.25, -0.2) is 28.9 Å². The molecule has 0 aromatic carbocycles. The molecule has 2 aromatic heterocycles. The van der Waals surface area contributed by atoms with Crippen LogP contribution in [0.1, 0.15) is 33.1 Å². The predicted molar refractivity (Wildman–Crippen MR) is 143 cm³/mol. The summed E-state index contributed by atoms with van der Waals surface area (Å²) in [6.07, 6.45) is 4.06. The maximum absolute atomic E-state index is 14.9. The second-order valence-electron chi connectivity index (χ2n) is 9.78. The molecule has 0 aliphatic carbocycles. The SMILES string of the molecule is CCOc1cnc(NC(=O)N(C)[C@H]2CN(c3nccc(NC(=O)O[C@@H]4CCN(C)[C@@H](C)C4)n3)CC[C@H]2F)cn1. The molecule has 2 N–H and O–H groups in total. The van der Waals surface area contributed by atoms with Gasteiger partial charge in [-0.3, -0.25) is 10.6 Å². The van der Waals surface area contributed by atoms with Crippen molar-refractivity contribution in [3.63, 3.8) is 0 Å². The van der Waals surface area contributed by atoms with E-state index in [1.807, 2.05) is 6.92 Å². The van der Waals surface area contributed by atoms with Gasteiger partial charge in [0, 0.05) is 38.9 Å². The first-order valence-electron chi connectivity index (χ1n) is 13.1. The topological polar surface area (TPSA) is 138 Å². The monoisotopic (exact) mass is 545 g/mol. The van der Waals surface area contributed by atoms with Gasteiger partial charge in [0.2, 0.25) is 11.8 Å². The average molecular weight is 546 g/mol. The van der Waals surface area contributed by atoms with Crippen LogP contribution in [-0.2, 0) is 4.74 Å². The zero-order valence-corrected chi connectivity index (χ0v) is 22.7. The van der Waals surface area contributed by atoms with E-state index in [1.54, 1.807) is 11.0 Å². The van der Waals surface area contributed by atoms with Crippen LogP contribution in [0.5, 0.6) is 5.88 Å². The molecule has 0 bridgehead atoms. The number of hydrogen-bond acceptors (Lipinski definition) is 10. The molecule has 2 aromatic rings. The fourth-order valence-corrected chi connectivity index (χ4v) is 4.61. The van der Waals surface area contributed by atoms with Crippen molar-refractivity contribution in [1.29, 1.82) is 0 Å². The van der Waals surface area contributed by atoms with Crippen LogP contribution in [0.3, 0.4) is 0 Å². The van der Waals surface area contributed by atoms with Crippen LogP contribution in [-0.4, -0.2) is 107 Å². The first kappa shape index (κ1) is 28.2. The van der Waals surface area contributed by atoms with Crippen LogP contribution in [0.4, 0.5) is 31.6 Å². The number of rotatable bonds is 7. The van der Waals surface area contributed by atoms with Crippen molar-refractivity contribution < 1.29 is 23.5 Å². The minimum absolute atomic E-state index is 0.155. The Labute approximate surface area is 227 Å². The van der Waals surface area contributed by atoms with Gasteiger partial charge >= 0.3 is 12.1 Å². The molecular weight excluding hydrogens is 509 g/mol. The lowest BCUT2D eigenvalue weighted by atomic mass is 10.0. The summed E-state index contributed by atoms with van der Waals surface area (Å²) in [5.74, 6) is 1.17. The molecule has 4 heterocycles. The van der Waals surface area contributed by atoms with E-state index in [4.69, 9.17) is 9.47 Å². The number of anilines is 3. The Balaban J connectivity index is 1.34. The van der Waals surface area contributed by atoms with Gasteiger partial charge in [0.05, 0.1) is 25.0 Å². The number of urea groups is 1. The van der Waals surface area contributed by atoms with Crippen molar-refractivity contribution in [2.45, 2.75) is 57.5 Å². The average Bonchev–Trinajstić information content (AvgIpc) is 2.92. The summed E-state index contributed by atoms with van der Waals surface area (Å²) in [4.78, 5) is 47.5. The van der Waals surface area contributed by atoms with Crippen molar-refractivity contribution in [1.82, 2.24) is 29.7 Å². The summed E-state index contributed by atoms with van der Waals surface area (Å²) in [6.45, 7) is 5.77. The standard InChI is InChI=1S/C25H36FN9O4/c1-5-38-22-14-28-21(13-29-22)31-24(36)34(4)19-15-35(11-8-18(19)26)23-27-9-6-20(30-23)32-25(37)39-17-7-10-33(3)16(2)12-17/h6,9,13-14,16-19H,5,7-8,10-12,15H2,1-4H3,(H,28,31,36)(H,27,30,32,37)/t16-,17+,18+,19-/m0/s1. The summed E-state index contributed by atoms with van der Waals surface area (Å²) < 4.78 is 25.8. The molecule has 0 radical (unpaired) electrons. The smallest absolute Gasteiger partial charge is 0.413 e. The van der Waals surface area contributed by atoms with E-state index in [-0.39, 0.29) is 30.7 Å². The number of piperidine rings is 2. The molecule has 2 aliphatic heterocycles. The molecule has 212 valence electrons. The highest BCUT2D eigenvalue weighted by molar-refractivity contribution is 5.88. The number of ether oxygens (including phenoxy) is 2. The number of halogens is 1. The Hall–Kier alpha value is -3.81. The lowest BCUT2D eigenvalue weighted by Gasteiger charge is -2.39. The number of nitrogens with one attached hydrogen (secondary N) is 2. The summed E-state index contributed by atoms with van der Waals surface area (Å²) in [7, 11) is 3.58. The largest absolute Gasteiger partial charge is 0.477 e. The maximum atomic E-state index is 14.9. The molecule has 3 amide bonds. The molecule has 4 atom stereocenters. The van der Waals surface area contributed by atoms with Gasteiger partial charge in [0.1, 0.15) is 18.1 Å². The third kappa shape index (κ3) is 7.40. The number of alkyl halides is 1. The predicted octanol–water partition coefficient (Wildman–Crippen LogP) is 2.78. The Morgan fingerprint density at radius 1 is 1.15 bits per heavy atom. The van der Waals surface area contributed by atoms with Gasteiger partial charge < -0.3 is 24.2 Å². The second-order valence-corrected chi connectivity index (χ2v) is 9.78. The Kier molecular flexibility index (Phi) is 9.28. The molecule has 0 saturated carbocycles. The van der Waals surface area contributed by atoms with Crippen LogP contribution < -0.4 is 20.3 Å². The van der Waals surface area contributed by atoms with Crippen LogP contribution in [0.2, 0.25) is 0 Å². The molecule has 39 heavy (non-hydrogen) atoms. The van der Waals surface area contributed by atoms with Gasteiger partial charge in [0.25, 0.3) is 0 Å². The molecule has 2 fully saturated rings. The lowest BCUT2D eigenvalue weighted by molar-refractivity contribution is 0.0440. The Bertz CT molecular complexity index is 1120. The third-order valence-electron chi connectivity index (χ3n) is 7.06. The van der Waals surface area contributed by atoms with Gasteiger partial charge in [-0.15, -0.1) is 0 Å². The zero-order chi connectivity index (χ0) is 27.9. The highest BCUT2D eigenvalue weighted by Crippen LogP contribution is 2.24. The third-order valence-corrected chi connectivity index (χ3v) is 7.06. The van der Waals surface area contributed by atoms with E-state index in [9.17, 15) is 14.0 Å². The second kappa shape index (κ2) is 12.8. The summed E-state index contributed by atoms with van der Waals surface area (Å²) in [5.41, 5.74) is 0. The first-order valence-corrected chi connectivity index (χ1v) is 13.1. The normalized spacial score (nSPS) is 23.6. The van der Waals surface area contributed by atoms with Crippen molar-refractivity contribution in [3.05, 3.63) is 24.7 Å². The van der Waals surface area contributed by atoms with E-state index in [1.165, 1.54) is 30.5 Å². The van der Waals surface area contributed by atoms with Gasteiger partial charge in [-0.2, -0.15) is 4.98 Å². The van der Waals surface area contributed by atoms with Crippen LogP contribution in [0, 0.1) is 0 Å². The van der Waals surface area contributed by atoms with Gasteiger partial charge in [-0.05, 0) is 46.2 Å². The lowest BCUT2D eigenvalue weighted by Crippen LogP contribution is -2.55. The van der Waals surface area contributed by atoms with Crippen LogP contribution in [0.25, 0.3) is 0 Å². The van der Waals surface area contributed by atoms with Crippen molar-refractivity contribution in [2.75, 3.05) is 55.9 Å². The molecule has 13 nitrogen and oxygen atoms in total. The highest BCUT2D eigenvalue weighted by Gasteiger charge is 2.35. The number of nitrogens with zero attached hydrogens (tertiary/aromatic N) is 7. The minimum Gasteiger partial charge on any atom is -0.477 e. The number of amides is 3. The quantitative estimate of drug-likeness (QED) is 0.534. The highest BCUT2D eigenvalue weighted by atomic mass is 19.1. The number of hydrogen-bond donors (Lipinski definition) is 2. The molecule has 4 rings (SSSR count). The van der Waals surface area contributed by atoms with E-state index in [2.05, 4.69) is 49.4 Å². The van der Waals surface area contributed by atoms with Crippen LogP contribution >= 0.6 is 0 Å². The molecule has 14 heteroatoms.